The van der Waals surface area contributed by atoms with Crippen LogP contribution < -0.4 is 14.4 Å². The summed E-state index contributed by atoms with van der Waals surface area (Å²) in [5.74, 6) is -0.690. The predicted octanol–water partition coefficient (Wildman–Crippen LogP) is 5.14. The topological polar surface area (TPSA) is 96.0 Å². The van der Waals surface area contributed by atoms with Crippen molar-refractivity contribution in [1.82, 2.24) is 10.2 Å². The summed E-state index contributed by atoms with van der Waals surface area (Å²) in [4.78, 5) is 28.1. The number of hydrogen-bond acceptors (Lipinski definition) is 5. The smallest absolute Gasteiger partial charge is 0.264 e. The van der Waals surface area contributed by atoms with Gasteiger partial charge in [0.2, 0.25) is 11.8 Å². The van der Waals surface area contributed by atoms with Gasteiger partial charge in [-0.25, -0.2) is 8.42 Å². The second-order valence-electron chi connectivity index (χ2n) is 8.55. The van der Waals surface area contributed by atoms with Gasteiger partial charge >= 0.3 is 0 Å². The predicted molar refractivity (Wildman–Crippen MR) is 154 cm³/mol. The maximum atomic E-state index is 13.9. The van der Waals surface area contributed by atoms with Crippen LogP contribution in [0.25, 0.3) is 0 Å². The molecule has 3 aromatic rings. The van der Waals surface area contributed by atoms with Gasteiger partial charge in [0, 0.05) is 23.1 Å². The summed E-state index contributed by atoms with van der Waals surface area (Å²) in [5, 5.41) is 3.46. The van der Waals surface area contributed by atoms with Crippen molar-refractivity contribution in [3.63, 3.8) is 0 Å². The molecule has 0 spiro atoms. The Kier molecular flexibility index (Phi) is 10.6. The van der Waals surface area contributed by atoms with Crippen LogP contribution in [0.1, 0.15) is 26.3 Å². The molecule has 0 aliphatic heterocycles. The van der Waals surface area contributed by atoms with Gasteiger partial charge < -0.3 is 15.0 Å². The molecule has 39 heavy (non-hydrogen) atoms. The van der Waals surface area contributed by atoms with Crippen LogP contribution in [0.4, 0.5) is 5.69 Å². The van der Waals surface area contributed by atoms with Crippen molar-refractivity contribution in [3.8, 4) is 5.75 Å². The van der Waals surface area contributed by atoms with Crippen molar-refractivity contribution in [2.75, 3.05) is 24.0 Å². The molecule has 1 atom stereocenters. The minimum absolute atomic E-state index is 0.00757. The minimum Gasteiger partial charge on any atom is -0.492 e. The van der Waals surface area contributed by atoms with Crippen LogP contribution in [0.3, 0.4) is 0 Å². The highest BCUT2D eigenvalue weighted by molar-refractivity contribution is 7.92. The maximum absolute atomic E-state index is 13.9. The Morgan fingerprint density at radius 3 is 2.28 bits per heavy atom. The lowest BCUT2D eigenvalue weighted by Gasteiger charge is -2.32. The number of carbonyl (C=O) groups excluding carboxylic acids is 2. The Morgan fingerprint density at radius 1 is 0.974 bits per heavy atom. The Bertz CT molecular complexity index is 1400. The summed E-state index contributed by atoms with van der Waals surface area (Å²) in [6, 6.07) is 18.3. The lowest BCUT2D eigenvalue weighted by atomic mass is 10.1. The van der Waals surface area contributed by atoms with Crippen LogP contribution in [0.2, 0.25) is 10.0 Å². The van der Waals surface area contributed by atoms with Crippen LogP contribution in [-0.4, -0.2) is 50.9 Å². The highest BCUT2D eigenvalue weighted by Crippen LogP contribution is 2.33. The summed E-state index contributed by atoms with van der Waals surface area (Å²) in [6.07, 6.45) is 0. The number of amides is 2. The normalized spacial score (nSPS) is 11.9. The number of nitrogens with one attached hydrogen (secondary N) is 1. The number of benzene rings is 3. The molecule has 1 N–H and O–H groups in total. The molecule has 0 bridgehead atoms. The highest BCUT2D eigenvalue weighted by Gasteiger charge is 2.33. The fraction of sp³-hybridized carbons (Fsp3) is 0.286. The summed E-state index contributed by atoms with van der Waals surface area (Å²) in [5.41, 5.74) is 0.754. The molecular formula is C28H31Cl2N3O5S. The van der Waals surface area contributed by atoms with E-state index in [1.165, 1.54) is 17.0 Å². The molecule has 0 aromatic heterocycles. The van der Waals surface area contributed by atoms with E-state index >= 15 is 0 Å². The monoisotopic (exact) mass is 591 g/mol. The van der Waals surface area contributed by atoms with E-state index < -0.39 is 28.5 Å². The van der Waals surface area contributed by atoms with Gasteiger partial charge in [0.1, 0.15) is 18.3 Å². The van der Waals surface area contributed by atoms with Gasteiger partial charge in [-0.2, -0.15) is 0 Å². The molecule has 0 heterocycles. The third kappa shape index (κ3) is 7.44. The van der Waals surface area contributed by atoms with E-state index in [4.69, 9.17) is 27.9 Å². The number of nitrogens with zero attached hydrogens (tertiary/aromatic N) is 2. The number of halogens is 2. The number of likely N-dealkylation sites (N-methyl/N-ethyl adjacent to an activating group) is 1. The van der Waals surface area contributed by atoms with E-state index in [-0.39, 0.29) is 23.0 Å². The number of hydrogen-bond donors (Lipinski definition) is 1. The zero-order valence-corrected chi connectivity index (χ0v) is 24.3. The molecular weight excluding hydrogens is 561 g/mol. The lowest BCUT2D eigenvalue weighted by Crippen LogP contribution is -2.51. The molecule has 0 saturated carbocycles. The van der Waals surface area contributed by atoms with Crippen LogP contribution in [0.15, 0.2) is 77.7 Å². The van der Waals surface area contributed by atoms with Crippen molar-refractivity contribution < 1.29 is 22.7 Å². The van der Waals surface area contributed by atoms with Crippen LogP contribution >= 0.6 is 23.2 Å². The number of ether oxygens (including phenoxy) is 1. The molecule has 2 amide bonds. The Balaban J connectivity index is 2.09. The number of rotatable bonds is 12. The first-order valence-electron chi connectivity index (χ1n) is 12.4. The van der Waals surface area contributed by atoms with Gasteiger partial charge in [-0.3, -0.25) is 13.9 Å². The van der Waals surface area contributed by atoms with E-state index in [1.54, 1.807) is 81.4 Å². The molecule has 1 unspecified atom stereocenters. The molecule has 0 radical (unpaired) electrons. The minimum atomic E-state index is -4.20. The average molecular weight is 593 g/mol. The molecule has 208 valence electrons. The quantitative estimate of drug-likeness (QED) is 0.314. The van der Waals surface area contributed by atoms with Crippen LogP contribution in [0, 0.1) is 0 Å². The Labute approximate surface area is 239 Å². The van der Waals surface area contributed by atoms with E-state index in [0.29, 0.717) is 34.5 Å². The Hall–Kier alpha value is -3.27. The molecule has 0 fully saturated rings. The summed E-state index contributed by atoms with van der Waals surface area (Å²) >= 11 is 12.4. The standard InChI is InChI=1S/C28H31Cl2N3O5S/c1-4-31-28(35)20(3)32(18-21-15-16-22(29)17-24(21)30)27(34)19-33(25-13-9-10-14-26(25)38-5-2)39(36,37)23-11-7-6-8-12-23/h6-17,20H,4-5,18-19H2,1-3H3,(H,31,35). The van der Waals surface area contributed by atoms with E-state index in [9.17, 15) is 18.0 Å². The summed E-state index contributed by atoms with van der Waals surface area (Å²) < 4.78 is 34.5. The summed E-state index contributed by atoms with van der Waals surface area (Å²) in [7, 11) is -4.20. The zero-order valence-electron chi connectivity index (χ0n) is 21.9. The fourth-order valence-corrected chi connectivity index (χ4v) is 5.83. The molecule has 8 nitrogen and oxygen atoms in total. The second kappa shape index (κ2) is 13.7. The van der Waals surface area contributed by atoms with E-state index in [1.807, 2.05) is 0 Å². The SMILES string of the molecule is CCNC(=O)C(C)N(Cc1ccc(Cl)cc1Cl)C(=O)CN(c1ccccc1OCC)S(=O)(=O)c1ccccc1. The number of sulfonamides is 1. The zero-order chi connectivity index (χ0) is 28.6. The second-order valence-corrected chi connectivity index (χ2v) is 11.3. The highest BCUT2D eigenvalue weighted by atomic mass is 35.5. The molecule has 0 saturated heterocycles. The first kappa shape index (κ1) is 30.3. The van der Waals surface area contributed by atoms with Gasteiger partial charge in [0.25, 0.3) is 10.0 Å². The van der Waals surface area contributed by atoms with Crippen molar-refractivity contribution >= 4 is 50.7 Å². The van der Waals surface area contributed by atoms with Gasteiger partial charge in [-0.05, 0) is 62.7 Å². The molecule has 0 aliphatic rings. The molecule has 11 heteroatoms. The van der Waals surface area contributed by atoms with Crippen molar-refractivity contribution in [1.29, 1.82) is 0 Å². The third-order valence-corrected chi connectivity index (χ3v) is 8.28. The van der Waals surface area contributed by atoms with E-state index in [2.05, 4.69) is 5.32 Å². The van der Waals surface area contributed by atoms with Crippen molar-refractivity contribution in [3.05, 3.63) is 88.4 Å². The molecule has 0 aliphatic carbocycles. The average Bonchev–Trinajstić information content (AvgIpc) is 2.92. The van der Waals surface area contributed by atoms with Crippen molar-refractivity contribution in [2.24, 2.45) is 0 Å². The van der Waals surface area contributed by atoms with Crippen LogP contribution in [-0.2, 0) is 26.2 Å². The van der Waals surface area contributed by atoms with Gasteiger partial charge in [-0.15, -0.1) is 0 Å². The maximum Gasteiger partial charge on any atom is 0.264 e. The van der Waals surface area contributed by atoms with Gasteiger partial charge in [-0.1, -0.05) is 59.6 Å². The van der Waals surface area contributed by atoms with Gasteiger partial charge in [0.15, 0.2) is 0 Å². The third-order valence-electron chi connectivity index (χ3n) is 5.92. The Morgan fingerprint density at radius 2 is 1.64 bits per heavy atom. The van der Waals surface area contributed by atoms with Crippen LogP contribution in [0.5, 0.6) is 5.75 Å². The number of para-hydroxylation sites is 2. The van der Waals surface area contributed by atoms with Crippen molar-refractivity contribution in [2.45, 2.75) is 38.3 Å². The summed E-state index contributed by atoms with van der Waals surface area (Å²) in [6.45, 7) is 5.16. The first-order valence-corrected chi connectivity index (χ1v) is 14.6. The fourth-order valence-electron chi connectivity index (χ4n) is 3.91. The number of anilines is 1. The number of carbonyl (C=O) groups is 2. The van der Waals surface area contributed by atoms with E-state index in [0.717, 1.165) is 4.31 Å². The largest absolute Gasteiger partial charge is 0.492 e. The first-order chi connectivity index (χ1) is 18.6. The molecule has 3 aromatic carbocycles. The van der Waals surface area contributed by atoms with Gasteiger partial charge in [0.05, 0.1) is 17.2 Å². The molecule has 3 rings (SSSR count). The lowest BCUT2D eigenvalue weighted by molar-refractivity contribution is -0.139.